The quantitative estimate of drug-likeness (QED) is 0.930. The molecule has 0 bridgehead atoms. The van der Waals surface area contributed by atoms with Crippen LogP contribution in [0.5, 0.6) is 5.75 Å². The molecule has 18 heavy (non-hydrogen) atoms. The zero-order valence-corrected chi connectivity index (χ0v) is 11.8. The van der Waals surface area contributed by atoms with Crippen molar-refractivity contribution in [2.75, 3.05) is 0 Å². The first kappa shape index (κ1) is 13.1. The maximum Gasteiger partial charge on any atom is 0.134 e. The van der Waals surface area contributed by atoms with Crippen LogP contribution in [0.15, 0.2) is 46.9 Å². The van der Waals surface area contributed by atoms with Crippen molar-refractivity contribution in [3.05, 3.63) is 63.6 Å². The highest BCUT2D eigenvalue weighted by atomic mass is 79.9. The highest BCUT2D eigenvalue weighted by Gasteiger charge is 2.03. The Kier molecular flexibility index (Phi) is 4.39. The Morgan fingerprint density at radius 2 is 1.72 bits per heavy atom. The Bertz CT molecular complexity index is 521. The minimum atomic E-state index is 0.0385. The third kappa shape index (κ3) is 3.34. The van der Waals surface area contributed by atoms with Gasteiger partial charge in [0.15, 0.2) is 0 Å². The third-order valence-corrected chi connectivity index (χ3v) is 3.31. The molecule has 0 radical (unpaired) electrons. The maximum absolute atomic E-state index is 9.03. The van der Waals surface area contributed by atoms with Crippen molar-refractivity contribution in [2.45, 2.75) is 20.1 Å². The molecule has 0 aromatic heterocycles. The standard InChI is InChI=1S/C15H15BrO2/c1-11-2-4-12(5-3-11)10-18-15-7-6-13(9-17)8-14(15)16/h2-8,17H,9-10H2,1H3. The summed E-state index contributed by atoms with van der Waals surface area (Å²) in [6, 6.07) is 13.9. The minimum Gasteiger partial charge on any atom is -0.488 e. The molecule has 2 aromatic rings. The fourth-order valence-corrected chi connectivity index (χ4v) is 2.15. The van der Waals surface area contributed by atoms with Crippen LogP contribution in [0, 0.1) is 6.92 Å². The lowest BCUT2D eigenvalue weighted by Gasteiger charge is -2.09. The molecule has 94 valence electrons. The smallest absolute Gasteiger partial charge is 0.134 e. The van der Waals surface area contributed by atoms with Gasteiger partial charge < -0.3 is 9.84 Å². The van der Waals surface area contributed by atoms with Crippen molar-refractivity contribution >= 4 is 15.9 Å². The number of halogens is 1. The van der Waals surface area contributed by atoms with Gasteiger partial charge in [0.2, 0.25) is 0 Å². The summed E-state index contributed by atoms with van der Waals surface area (Å²) in [6.45, 7) is 2.64. The van der Waals surface area contributed by atoms with Gasteiger partial charge in [-0.15, -0.1) is 0 Å². The van der Waals surface area contributed by atoms with Gasteiger partial charge in [0.1, 0.15) is 12.4 Å². The molecule has 1 N–H and O–H groups in total. The van der Waals surface area contributed by atoms with Crippen LogP contribution < -0.4 is 4.74 Å². The second-order valence-electron chi connectivity index (χ2n) is 4.20. The Balaban J connectivity index is 2.04. The summed E-state index contributed by atoms with van der Waals surface area (Å²) in [5.74, 6) is 0.785. The van der Waals surface area contributed by atoms with Crippen LogP contribution >= 0.6 is 15.9 Å². The number of aryl methyl sites for hydroxylation is 1. The van der Waals surface area contributed by atoms with Crippen molar-refractivity contribution in [3.63, 3.8) is 0 Å². The fourth-order valence-electron chi connectivity index (χ4n) is 1.61. The molecular formula is C15H15BrO2. The zero-order valence-electron chi connectivity index (χ0n) is 10.2. The summed E-state index contributed by atoms with van der Waals surface area (Å²) in [5.41, 5.74) is 3.25. The Hall–Kier alpha value is -1.32. The van der Waals surface area contributed by atoms with Crippen LogP contribution in [0.4, 0.5) is 0 Å². The molecule has 0 saturated heterocycles. The van der Waals surface area contributed by atoms with E-state index in [1.165, 1.54) is 5.56 Å². The number of aliphatic hydroxyl groups is 1. The van der Waals surface area contributed by atoms with Crippen molar-refractivity contribution in [2.24, 2.45) is 0 Å². The van der Waals surface area contributed by atoms with E-state index in [2.05, 4.69) is 47.1 Å². The van der Waals surface area contributed by atoms with Gasteiger partial charge >= 0.3 is 0 Å². The van der Waals surface area contributed by atoms with Gasteiger partial charge in [-0.2, -0.15) is 0 Å². The Morgan fingerprint density at radius 1 is 1.06 bits per heavy atom. The minimum absolute atomic E-state index is 0.0385. The molecule has 0 atom stereocenters. The molecular weight excluding hydrogens is 292 g/mol. The molecule has 0 saturated carbocycles. The molecule has 2 nitrogen and oxygen atoms in total. The third-order valence-electron chi connectivity index (χ3n) is 2.69. The average molecular weight is 307 g/mol. The fraction of sp³-hybridized carbons (Fsp3) is 0.200. The monoisotopic (exact) mass is 306 g/mol. The average Bonchev–Trinajstić information content (AvgIpc) is 2.39. The lowest BCUT2D eigenvalue weighted by molar-refractivity contribution is 0.280. The van der Waals surface area contributed by atoms with Crippen LogP contribution in [0.25, 0.3) is 0 Å². The van der Waals surface area contributed by atoms with Crippen LogP contribution in [0.2, 0.25) is 0 Å². The van der Waals surface area contributed by atoms with E-state index in [-0.39, 0.29) is 6.61 Å². The van der Waals surface area contributed by atoms with Crippen LogP contribution in [-0.2, 0) is 13.2 Å². The molecule has 0 fully saturated rings. The van der Waals surface area contributed by atoms with Gasteiger partial charge in [-0.1, -0.05) is 35.9 Å². The van der Waals surface area contributed by atoms with E-state index in [1.807, 2.05) is 18.2 Å². The van der Waals surface area contributed by atoms with E-state index >= 15 is 0 Å². The van der Waals surface area contributed by atoms with E-state index in [0.29, 0.717) is 6.61 Å². The predicted octanol–water partition coefficient (Wildman–Crippen LogP) is 3.83. The number of benzene rings is 2. The summed E-state index contributed by atoms with van der Waals surface area (Å²) in [4.78, 5) is 0. The highest BCUT2D eigenvalue weighted by Crippen LogP contribution is 2.26. The molecule has 2 rings (SSSR count). The molecule has 0 heterocycles. The summed E-state index contributed by atoms with van der Waals surface area (Å²) in [7, 11) is 0. The number of hydrogen-bond acceptors (Lipinski definition) is 2. The number of rotatable bonds is 4. The first-order valence-electron chi connectivity index (χ1n) is 5.76. The zero-order chi connectivity index (χ0) is 13.0. The second-order valence-corrected chi connectivity index (χ2v) is 5.05. The topological polar surface area (TPSA) is 29.5 Å². The van der Waals surface area contributed by atoms with Crippen molar-refractivity contribution in [3.8, 4) is 5.75 Å². The second kappa shape index (κ2) is 6.03. The van der Waals surface area contributed by atoms with Gasteiger partial charge in [-0.05, 0) is 46.1 Å². The largest absolute Gasteiger partial charge is 0.488 e. The first-order chi connectivity index (χ1) is 8.69. The molecule has 2 aromatic carbocycles. The Morgan fingerprint density at radius 3 is 2.33 bits per heavy atom. The summed E-state index contributed by atoms with van der Waals surface area (Å²) < 4.78 is 6.60. The lowest BCUT2D eigenvalue weighted by Crippen LogP contribution is -1.96. The molecule has 3 heteroatoms. The van der Waals surface area contributed by atoms with Crippen molar-refractivity contribution < 1.29 is 9.84 Å². The lowest BCUT2D eigenvalue weighted by atomic mass is 10.2. The van der Waals surface area contributed by atoms with E-state index < -0.39 is 0 Å². The van der Waals surface area contributed by atoms with Crippen LogP contribution in [0.3, 0.4) is 0 Å². The highest BCUT2D eigenvalue weighted by molar-refractivity contribution is 9.10. The van der Waals surface area contributed by atoms with E-state index in [0.717, 1.165) is 21.3 Å². The number of hydrogen-bond donors (Lipinski definition) is 1. The maximum atomic E-state index is 9.03. The SMILES string of the molecule is Cc1ccc(COc2ccc(CO)cc2Br)cc1. The van der Waals surface area contributed by atoms with E-state index in [1.54, 1.807) is 0 Å². The van der Waals surface area contributed by atoms with Crippen LogP contribution in [-0.4, -0.2) is 5.11 Å². The number of aliphatic hydroxyl groups excluding tert-OH is 1. The van der Waals surface area contributed by atoms with Gasteiger partial charge in [-0.3, -0.25) is 0 Å². The van der Waals surface area contributed by atoms with E-state index in [9.17, 15) is 0 Å². The Labute approximate surface area is 115 Å². The van der Waals surface area contributed by atoms with Gasteiger partial charge in [-0.25, -0.2) is 0 Å². The molecule has 0 spiro atoms. The van der Waals surface area contributed by atoms with Crippen molar-refractivity contribution in [1.82, 2.24) is 0 Å². The van der Waals surface area contributed by atoms with Crippen LogP contribution in [0.1, 0.15) is 16.7 Å². The van der Waals surface area contributed by atoms with Gasteiger partial charge in [0.05, 0.1) is 11.1 Å². The predicted molar refractivity (Wildman–Crippen MR) is 75.6 cm³/mol. The van der Waals surface area contributed by atoms with E-state index in [4.69, 9.17) is 9.84 Å². The van der Waals surface area contributed by atoms with Gasteiger partial charge in [0, 0.05) is 0 Å². The summed E-state index contributed by atoms with van der Waals surface area (Å²) in [6.07, 6.45) is 0. The normalized spacial score (nSPS) is 10.4. The van der Waals surface area contributed by atoms with Gasteiger partial charge in [0.25, 0.3) is 0 Å². The molecule has 0 aliphatic heterocycles. The summed E-state index contributed by atoms with van der Waals surface area (Å²) >= 11 is 3.44. The van der Waals surface area contributed by atoms with Crippen molar-refractivity contribution in [1.29, 1.82) is 0 Å². The first-order valence-corrected chi connectivity index (χ1v) is 6.56. The number of ether oxygens (including phenoxy) is 1. The molecule has 0 amide bonds. The molecule has 0 aliphatic carbocycles. The summed E-state index contributed by atoms with van der Waals surface area (Å²) in [5, 5.41) is 9.03. The molecule has 0 aliphatic rings. The molecule has 0 unspecified atom stereocenters.